The van der Waals surface area contributed by atoms with Gasteiger partial charge < -0.3 is 0 Å². The maximum atomic E-state index is 2.54. The van der Waals surface area contributed by atoms with Gasteiger partial charge in [-0.3, -0.25) is 0 Å². The van der Waals surface area contributed by atoms with Gasteiger partial charge in [0, 0.05) is 0 Å². The van der Waals surface area contributed by atoms with Crippen LogP contribution in [0.4, 0.5) is 0 Å². The van der Waals surface area contributed by atoms with Crippen molar-refractivity contribution in [1.29, 1.82) is 0 Å². The Labute approximate surface area is 66.9 Å². The van der Waals surface area contributed by atoms with Crippen LogP contribution in [0.3, 0.4) is 0 Å². The Balaban J connectivity index is 4.43. The van der Waals surface area contributed by atoms with Gasteiger partial charge in [0.2, 0.25) is 0 Å². The van der Waals surface area contributed by atoms with Crippen LogP contribution in [0.2, 0.25) is 0 Å². The maximum absolute atomic E-state index is 2.54. The van der Waals surface area contributed by atoms with E-state index in [2.05, 4.69) is 75.0 Å². The molecule has 7 heteroatoms. The summed E-state index contributed by atoms with van der Waals surface area (Å²) in [5.74, 6) is 0. The first-order chi connectivity index (χ1) is 2.45. The van der Waals surface area contributed by atoms with E-state index in [1.54, 1.807) is 0 Å². The van der Waals surface area contributed by atoms with E-state index < -0.39 is -2.28 Å². The Bertz CT molecular complexity index is 62.7. The zero-order chi connectivity index (χ0) is 6.41. The van der Waals surface area contributed by atoms with E-state index in [-0.39, 0.29) is 0 Å². The summed E-state index contributed by atoms with van der Waals surface area (Å²) < 4.78 is -2.12. The van der Waals surface area contributed by atoms with E-state index >= 15 is 0 Å². The molecule has 0 fully saturated rings. The molecule has 0 aromatic rings. The molecule has 0 aliphatic rings. The van der Waals surface area contributed by atoms with E-state index in [4.69, 9.17) is 0 Å². The topological polar surface area (TPSA) is 0 Å². The first kappa shape index (κ1) is 12.9. The Kier molecular flexibility index (Phi) is 5.96. The van der Waals surface area contributed by atoms with Gasteiger partial charge in [0.1, 0.15) is 0 Å². The molecule has 0 saturated heterocycles. The van der Waals surface area contributed by atoms with Gasteiger partial charge in [0.25, 0.3) is 0 Å². The second kappa shape index (κ2) is 3.24. The first-order valence-corrected chi connectivity index (χ1v) is 30.2. The molecule has 0 rings (SSSR count). The Hall–Kier alpha value is 5.90. The van der Waals surface area contributed by atoms with E-state index in [1.165, 1.54) is 0 Å². The molecule has 0 aliphatic heterocycles. The molecule has 0 aliphatic carbocycles. The molecule has 0 aromatic heterocycles. The van der Waals surface area contributed by atoms with E-state index in [9.17, 15) is 0 Å². The van der Waals surface area contributed by atoms with Crippen LogP contribution in [0.5, 0.6) is 0 Å². The number of hydrogen-bond acceptors (Lipinski definition) is 0. The summed E-state index contributed by atoms with van der Waals surface area (Å²) in [6.07, 6.45) is 0. The van der Waals surface area contributed by atoms with Gasteiger partial charge >= 0.3 is 72.8 Å². The fourth-order valence-electron chi connectivity index (χ4n) is 0. The van der Waals surface area contributed by atoms with Gasteiger partial charge in [-0.15, -0.1) is 0 Å². The second-order valence-corrected chi connectivity index (χ2v) is 191. The summed E-state index contributed by atoms with van der Waals surface area (Å²) in [4.78, 5) is 0. The number of halogens is 6. The van der Waals surface area contributed by atoms with Gasteiger partial charge in [0.15, 0.2) is 0 Å². The molecule has 0 amide bonds. The fourth-order valence-corrected chi connectivity index (χ4v) is 0. The van der Waals surface area contributed by atoms with Crippen molar-refractivity contribution in [1.82, 2.24) is 0 Å². The summed E-state index contributed by atoms with van der Waals surface area (Å²) in [5, 5.41) is 0. The zero-order valence-corrected chi connectivity index (χ0v) is 17.2. The van der Waals surface area contributed by atoms with Crippen LogP contribution >= 0.6 is 75.0 Å². The average molecular weight is 934 g/mol. The van der Waals surface area contributed by atoms with Gasteiger partial charge in [0.05, 0.1) is 0 Å². The van der Waals surface area contributed by atoms with E-state index in [1.807, 2.05) is 0 Å². The Morgan fingerprint density at radius 3 is 0.571 bits per heavy atom. The quantitative estimate of drug-likeness (QED) is 0.290. The molecule has 0 nitrogen and oxygen atoms in total. The van der Waals surface area contributed by atoms with Crippen LogP contribution in [0.15, 0.2) is 0 Å². The fraction of sp³-hybridized carbons (Fsp3) is 0. The standard InChI is InChI=1S/6HI.Yb/h6*1H;/q;;;;;;+6/p-6. The van der Waals surface area contributed by atoms with E-state index in [0.29, 0.717) is 0 Å². The van der Waals surface area contributed by atoms with Crippen molar-refractivity contribution < 1.29 is -2.28 Å². The molecule has 7 heavy (non-hydrogen) atoms. The van der Waals surface area contributed by atoms with Crippen molar-refractivity contribution in [2.24, 2.45) is 0 Å². The van der Waals surface area contributed by atoms with Gasteiger partial charge in [-0.2, -0.15) is 0 Å². The van der Waals surface area contributed by atoms with Crippen LogP contribution in [0.1, 0.15) is 0 Å². The molecular formula is I6Yb. The molecule has 0 heterocycles. The molecule has 0 spiro atoms. The predicted molar refractivity (Wildman–Crippen MR) is 84.1 cm³/mol. The van der Waals surface area contributed by atoms with Gasteiger partial charge in [-0.25, -0.2) is 0 Å². The van der Waals surface area contributed by atoms with Crippen molar-refractivity contribution in [2.45, 2.75) is 0 Å². The predicted octanol–water partition coefficient (Wildman–Crippen LogP) is 5.31. The van der Waals surface area contributed by atoms with E-state index in [0.717, 1.165) is 0 Å². The molecular weight excluding hydrogens is 934 g/mol. The second-order valence-electron chi connectivity index (χ2n) is 0.573. The van der Waals surface area contributed by atoms with Crippen molar-refractivity contribution in [2.75, 3.05) is 0 Å². The summed E-state index contributed by atoms with van der Waals surface area (Å²) >= 11 is 15.3. The monoisotopic (exact) mass is 935 g/mol. The molecule has 0 radical (unpaired) electrons. The summed E-state index contributed by atoms with van der Waals surface area (Å²) in [6, 6.07) is 0. The third kappa shape index (κ3) is 33.5. The third-order valence-corrected chi connectivity index (χ3v) is 0. The molecule has 0 atom stereocenters. The summed E-state index contributed by atoms with van der Waals surface area (Å²) in [6.45, 7) is 0. The summed E-state index contributed by atoms with van der Waals surface area (Å²) in [5.41, 5.74) is 0. The zero-order valence-electron chi connectivity index (χ0n) is 2.54. The van der Waals surface area contributed by atoms with Crippen LogP contribution in [-0.2, 0) is 0 Å². The van der Waals surface area contributed by atoms with Crippen LogP contribution in [0, 0.1) is -2.28 Å². The number of hydrogen-bond donors (Lipinski definition) is 0. The molecule has 0 unspecified atom stereocenters. The molecule has 0 saturated carbocycles. The van der Waals surface area contributed by atoms with Gasteiger partial charge in [-0.1, -0.05) is 0 Å². The SMILES string of the molecule is [I][Yb]([I])([I])([I])([I])[I]. The molecule has 0 aromatic carbocycles. The molecule has 0 N–H and O–H groups in total. The van der Waals surface area contributed by atoms with Crippen LogP contribution in [0.25, 0.3) is 0 Å². The third-order valence-electron chi connectivity index (χ3n) is 0. The first-order valence-electron chi connectivity index (χ1n) is 0.606. The van der Waals surface area contributed by atoms with Crippen molar-refractivity contribution in [3.8, 4) is 0 Å². The average Bonchev–Trinajstić information content (AvgIpc) is 0.592. The molecule has 0 bridgehead atoms. The minimum absolute atomic E-state index is 2.12. The minimum atomic E-state index is -2.12. The van der Waals surface area contributed by atoms with Crippen LogP contribution in [-0.4, -0.2) is 0 Å². The number of rotatable bonds is 0. The normalized spacial score (nSPS) is 23.1. The van der Waals surface area contributed by atoms with Gasteiger partial charge in [-0.05, 0) is 0 Å². The van der Waals surface area contributed by atoms with Crippen LogP contribution < -0.4 is 0 Å². The van der Waals surface area contributed by atoms with Crippen molar-refractivity contribution in [3.05, 3.63) is 0 Å². The summed E-state index contributed by atoms with van der Waals surface area (Å²) in [7, 11) is 0. The van der Waals surface area contributed by atoms with Crippen molar-refractivity contribution in [3.63, 3.8) is 0 Å². The molecule has 56 valence electrons. The van der Waals surface area contributed by atoms with Crippen molar-refractivity contribution >= 4 is 75.0 Å². The Morgan fingerprint density at radius 1 is 0.571 bits per heavy atom. The Morgan fingerprint density at radius 2 is 0.571 bits per heavy atom.